The molecule has 1 unspecified atom stereocenters. The van der Waals surface area contributed by atoms with Crippen molar-refractivity contribution >= 4 is 15.9 Å². The lowest BCUT2D eigenvalue weighted by molar-refractivity contribution is 0.124. The van der Waals surface area contributed by atoms with Crippen molar-refractivity contribution in [3.8, 4) is 0 Å². The predicted octanol–water partition coefficient (Wildman–Crippen LogP) is 2.40. The van der Waals surface area contributed by atoms with Crippen LogP contribution in [0.2, 0.25) is 0 Å². The topological polar surface area (TPSA) is 33.1 Å². The van der Waals surface area contributed by atoms with Crippen LogP contribution in [0, 0.1) is 5.92 Å². The first-order chi connectivity index (χ1) is 6.11. The van der Waals surface area contributed by atoms with Crippen LogP contribution in [0.25, 0.3) is 0 Å². The molecule has 0 aromatic carbocycles. The Hall–Kier alpha value is -0.410. The summed E-state index contributed by atoms with van der Waals surface area (Å²) in [4.78, 5) is 4.19. The summed E-state index contributed by atoms with van der Waals surface area (Å²) in [6.07, 6.45) is 2.04. The number of hydrogen-bond acceptors (Lipinski definition) is 2. The third-order valence-corrected chi connectivity index (χ3v) is 2.73. The molecule has 0 spiro atoms. The fraction of sp³-hybridized carbons (Fsp3) is 0.500. The smallest absolute Gasteiger partial charge is 0.0618 e. The predicted molar refractivity (Wildman–Crippen MR) is 56.5 cm³/mol. The van der Waals surface area contributed by atoms with Gasteiger partial charge in [-0.05, 0) is 34.0 Å². The van der Waals surface area contributed by atoms with Crippen molar-refractivity contribution < 1.29 is 5.11 Å². The maximum absolute atomic E-state index is 9.64. The number of aromatic nitrogens is 1. The molecule has 0 fully saturated rings. The van der Waals surface area contributed by atoms with Gasteiger partial charge in [-0.1, -0.05) is 13.8 Å². The lowest BCUT2D eigenvalue weighted by Gasteiger charge is -2.14. The van der Waals surface area contributed by atoms with Crippen molar-refractivity contribution in [3.05, 3.63) is 28.5 Å². The summed E-state index contributed by atoms with van der Waals surface area (Å²) in [5.74, 6) is 0.272. The maximum atomic E-state index is 9.64. The number of nitrogens with zero attached hydrogens (tertiary/aromatic N) is 1. The largest absolute Gasteiger partial charge is 0.392 e. The zero-order valence-electron chi connectivity index (χ0n) is 7.87. The highest BCUT2D eigenvalue weighted by molar-refractivity contribution is 9.10. The van der Waals surface area contributed by atoms with Crippen LogP contribution >= 0.6 is 15.9 Å². The molecule has 1 rings (SSSR count). The van der Waals surface area contributed by atoms with Crippen LogP contribution in [0.5, 0.6) is 0 Å². The fourth-order valence-electron chi connectivity index (χ4n) is 1.00. The Balaban J connectivity index is 2.69. The molecule has 0 aliphatic rings. The molecule has 1 atom stereocenters. The Kier molecular flexibility index (Phi) is 3.88. The van der Waals surface area contributed by atoms with E-state index in [9.17, 15) is 5.11 Å². The minimum atomic E-state index is -0.314. The van der Waals surface area contributed by atoms with Crippen molar-refractivity contribution in [2.24, 2.45) is 5.92 Å². The summed E-state index contributed by atoms with van der Waals surface area (Å²) >= 11 is 3.40. The number of rotatable bonds is 3. The van der Waals surface area contributed by atoms with Gasteiger partial charge in [0.15, 0.2) is 0 Å². The summed E-state index contributed by atoms with van der Waals surface area (Å²) in [6.45, 7) is 4.00. The summed E-state index contributed by atoms with van der Waals surface area (Å²) in [5.41, 5.74) is 0.920. The molecule has 13 heavy (non-hydrogen) atoms. The highest BCUT2D eigenvalue weighted by Gasteiger charge is 2.12. The third kappa shape index (κ3) is 3.08. The lowest BCUT2D eigenvalue weighted by Crippen LogP contribution is -2.18. The second-order valence-electron chi connectivity index (χ2n) is 3.45. The molecule has 1 aromatic rings. The van der Waals surface area contributed by atoms with E-state index in [0.29, 0.717) is 6.42 Å². The van der Waals surface area contributed by atoms with Crippen LogP contribution in [0.1, 0.15) is 19.5 Å². The number of hydrogen-bond donors (Lipinski definition) is 1. The Morgan fingerprint density at radius 2 is 2.23 bits per heavy atom. The van der Waals surface area contributed by atoms with E-state index in [1.54, 1.807) is 6.20 Å². The minimum absolute atomic E-state index is 0.272. The highest BCUT2D eigenvalue weighted by atomic mass is 79.9. The Morgan fingerprint density at radius 3 is 2.77 bits per heavy atom. The van der Waals surface area contributed by atoms with Gasteiger partial charge in [0.05, 0.1) is 11.8 Å². The van der Waals surface area contributed by atoms with Crippen LogP contribution in [0.3, 0.4) is 0 Å². The van der Waals surface area contributed by atoms with Crippen molar-refractivity contribution in [1.29, 1.82) is 0 Å². The maximum Gasteiger partial charge on any atom is 0.0618 e. The first-order valence-electron chi connectivity index (χ1n) is 4.38. The standard InChI is InChI=1S/C10H14BrNO/c1-7(2)10(13)6-9-8(11)4-3-5-12-9/h3-5,7,10,13H,6H2,1-2H3. The molecule has 0 amide bonds. The summed E-state index contributed by atoms with van der Waals surface area (Å²) in [7, 11) is 0. The second kappa shape index (κ2) is 4.72. The van der Waals surface area contributed by atoms with E-state index in [4.69, 9.17) is 0 Å². The van der Waals surface area contributed by atoms with Crippen molar-refractivity contribution in [2.45, 2.75) is 26.4 Å². The molecule has 0 radical (unpaired) electrons. The van der Waals surface area contributed by atoms with Crippen LogP contribution in [0.15, 0.2) is 22.8 Å². The SMILES string of the molecule is CC(C)C(O)Cc1ncccc1Br. The molecule has 0 saturated heterocycles. The van der Waals surface area contributed by atoms with E-state index in [1.807, 2.05) is 26.0 Å². The Labute approximate surface area is 87.1 Å². The Morgan fingerprint density at radius 1 is 1.54 bits per heavy atom. The molecule has 1 aromatic heterocycles. The average Bonchev–Trinajstić information content (AvgIpc) is 2.08. The van der Waals surface area contributed by atoms with Crippen LogP contribution in [0.4, 0.5) is 0 Å². The minimum Gasteiger partial charge on any atom is -0.392 e. The molecule has 72 valence electrons. The number of pyridine rings is 1. The van der Waals surface area contributed by atoms with E-state index in [0.717, 1.165) is 10.2 Å². The molecular weight excluding hydrogens is 230 g/mol. The van der Waals surface area contributed by atoms with Gasteiger partial charge in [0.25, 0.3) is 0 Å². The van der Waals surface area contributed by atoms with E-state index >= 15 is 0 Å². The second-order valence-corrected chi connectivity index (χ2v) is 4.30. The molecular formula is C10H14BrNO. The van der Waals surface area contributed by atoms with Gasteiger partial charge in [0.2, 0.25) is 0 Å². The molecule has 2 nitrogen and oxygen atoms in total. The van der Waals surface area contributed by atoms with Crippen LogP contribution < -0.4 is 0 Å². The molecule has 3 heteroatoms. The monoisotopic (exact) mass is 243 g/mol. The van der Waals surface area contributed by atoms with E-state index < -0.39 is 0 Å². The van der Waals surface area contributed by atoms with E-state index in [-0.39, 0.29) is 12.0 Å². The average molecular weight is 244 g/mol. The van der Waals surface area contributed by atoms with Gasteiger partial charge >= 0.3 is 0 Å². The summed E-state index contributed by atoms with van der Waals surface area (Å²) in [5, 5.41) is 9.64. The fourth-order valence-corrected chi connectivity index (χ4v) is 1.42. The molecule has 0 bridgehead atoms. The first kappa shape index (κ1) is 10.7. The highest BCUT2D eigenvalue weighted by Crippen LogP contribution is 2.17. The zero-order valence-corrected chi connectivity index (χ0v) is 9.45. The first-order valence-corrected chi connectivity index (χ1v) is 5.18. The van der Waals surface area contributed by atoms with Gasteiger partial charge in [-0.3, -0.25) is 4.98 Å². The summed E-state index contributed by atoms with van der Waals surface area (Å²) in [6, 6.07) is 3.81. The van der Waals surface area contributed by atoms with Gasteiger partial charge in [0, 0.05) is 17.1 Å². The van der Waals surface area contributed by atoms with Gasteiger partial charge in [-0.15, -0.1) is 0 Å². The molecule has 0 aliphatic heterocycles. The molecule has 1 heterocycles. The number of halogens is 1. The number of aliphatic hydroxyl groups excluding tert-OH is 1. The summed E-state index contributed by atoms with van der Waals surface area (Å²) < 4.78 is 0.967. The van der Waals surface area contributed by atoms with Gasteiger partial charge < -0.3 is 5.11 Å². The van der Waals surface area contributed by atoms with Crippen molar-refractivity contribution in [3.63, 3.8) is 0 Å². The van der Waals surface area contributed by atoms with Crippen molar-refractivity contribution in [2.75, 3.05) is 0 Å². The number of aliphatic hydroxyl groups is 1. The lowest BCUT2D eigenvalue weighted by atomic mass is 10.0. The van der Waals surface area contributed by atoms with Crippen molar-refractivity contribution in [1.82, 2.24) is 4.98 Å². The van der Waals surface area contributed by atoms with Gasteiger partial charge in [0.1, 0.15) is 0 Å². The molecule has 1 N–H and O–H groups in total. The molecule has 0 saturated carbocycles. The normalized spacial score (nSPS) is 13.3. The third-order valence-electron chi connectivity index (χ3n) is 2.01. The van der Waals surface area contributed by atoms with Gasteiger partial charge in [-0.2, -0.15) is 0 Å². The van der Waals surface area contributed by atoms with E-state index in [1.165, 1.54) is 0 Å². The van der Waals surface area contributed by atoms with Gasteiger partial charge in [-0.25, -0.2) is 0 Å². The Bertz CT molecular complexity index is 275. The van der Waals surface area contributed by atoms with Crippen LogP contribution in [-0.2, 0) is 6.42 Å². The zero-order chi connectivity index (χ0) is 9.84. The quantitative estimate of drug-likeness (QED) is 0.885. The van der Waals surface area contributed by atoms with E-state index in [2.05, 4.69) is 20.9 Å². The van der Waals surface area contributed by atoms with Crippen LogP contribution in [-0.4, -0.2) is 16.2 Å². The molecule has 0 aliphatic carbocycles.